The molecule has 0 aromatic heterocycles. The Morgan fingerprint density at radius 1 is 1.47 bits per heavy atom. The molecule has 0 spiro atoms. The molecule has 2 nitrogen and oxygen atoms in total. The topological polar surface area (TPSA) is 12.5 Å². The van der Waals surface area contributed by atoms with Gasteiger partial charge in [-0.2, -0.15) is 0 Å². The summed E-state index contributed by atoms with van der Waals surface area (Å²) in [6.45, 7) is 4.49. The average molecular weight is 209 g/mol. The molecule has 2 heteroatoms. The fraction of sp³-hybridized carbons (Fsp3) is 0.846. The number of methoxy groups -OCH3 is 1. The van der Waals surface area contributed by atoms with Gasteiger partial charge in [0, 0.05) is 19.4 Å². The van der Waals surface area contributed by atoms with E-state index in [2.05, 4.69) is 17.9 Å². The van der Waals surface area contributed by atoms with Crippen LogP contribution in [0.5, 0.6) is 0 Å². The summed E-state index contributed by atoms with van der Waals surface area (Å²) in [4.78, 5) is 2.59. The lowest BCUT2D eigenvalue weighted by atomic mass is 9.93. The van der Waals surface area contributed by atoms with Crippen LogP contribution in [-0.4, -0.2) is 31.2 Å². The summed E-state index contributed by atoms with van der Waals surface area (Å²) in [6.07, 6.45) is 9.01. The molecular formula is C13H23NO. The molecule has 1 heterocycles. The quantitative estimate of drug-likeness (QED) is 0.708. The maximum Gasteiger partial charge on any atom is 0.0666 e. The first kappa shape index (κ1) is 11.0. The Hall–Kier alpha value is -0.500. The zero-order chi connectivity index (χ0) is 10.7. The fourth-order valence-corrected chi connectivity index (χ4v) is 2.79. The standard InChI is InChI=1S/C13H23NO/c1-11-5-7-12(8-6-11)14-9-3-4-13(14)10-15-2/h7,11,13H,3-6,8-10H2,1-2H3/t11?,13-/m1/s1. The van der Waals surface area contributed by atoms with E-state index in [0.29, 0.717) is 6.04 Å². The van der Waals surface area contributed by atoms with Crippen LogP contribution < -0.4 is 0 Å². The van der Waals surface area contributed by atoms with Crippen LogP contribution in [0, 0.1) is 5.92 Å². The van der Waals surface area contributed by atoms with Gasteiger partial charge in [0.15, 0.2) is 0 Å². The molecule has 1 aliphatic heterocycles. The third-order valence-corrected chi connectivity index (χ3v) is 3.75. The molecule has 1 aliphatic carbocycles. The predicted molar refractivity (Wildman–Crippen MR) is 62.7 cm³/mol. The molecule has 0 radical (unpaired) electrons. The van der Waals surface area contributed by atoms with Gasteiger partial charge in [-0.05, 0) is 38.0 Å². The summed E-state index contributed by atoms with van der Waals surface area (Å²) >= 11 is 0. The molecule has 2 aliphatic rings. The van der Waals surface area contributed by atoms with Crippen molar-refractivity contribution in [2.75, 3.05) is 20.3 Å². The lowest BCUT2D eigenvalue weighted by molar-refractivity contribution is 0.129. The molecule has 1 saturated heterocycles. The Kier molecular flexibility index (Phi) is 3.68. The molecular weight excluding hydrogens is 186 g/mol. The summed E-state index contributed by atoms with van der Waals surface area (Å²) < 4.78 is 5.30. The minimum absolute atomic E-state index is 0.648. The summed E-state index contributed by atoms with van der Waals surface area (Å²) in [6, 6.07) is 0.648. The van der Waals surface area contributed by atoms with E-state index in [1.54, 1.807) is 5.70 Å². The second-order valence-corrected chi connectivity index (χ2v) is 5.02. The van der Waals surface area contributed by atoms with E-state index in [1.807, 2.05) is 7.11 Å². The van der Waals surface area contributed by atoms with E-state index in [0.717, 1.165) is 12.5 Å². The molecule has 2 atom stereocenters. The van der Waals surface area contributed by atoms with Gasteiger partial charge in [0.25, 0.3) is 0 Å². The van der Waals surface area contributed by atoms with E-state index < -0.39 is 0 Å². The molecule has 2 rings (SSSR count). The highest BCUT2D eigenvalue weighted by Crippen LogP contribution is 2.30. The zero-order valence-corrected chi connectivity index (χ0v) is 10.0. The third kappa shape index (κ3) is 2.54. The molecule has 0 bridgehead atoms. The Balaban J connectivity index is 1.97. The van der Waals surface area contributed by atoms with E-state index >= 15 is 0 Å². The first-order valence-electron chi connectivity index (χ1n) is 6.26. The number of hydrogen-bond donors (Lipinski definition) is 0. The van der Waals surface area contributed by atoms with Crippen LogP contribution in [0.3, 0.4) is 0 Å². The van der Waals surface area contributed by atoms with Gasteiger partial charge in [-0.3, -0.25) is 0 Å². The molecule has 15 heavy (non-hydrogen) atoms. The zero-order valence-electron chi connectivity index (χ0n) is 10.0. The van der Waals surface area contributed by atoms with Crippen LogP contribution >= 0.6 is 0 Å². The van der Waals surface area contributed by atoms with Gasteiger partial charge in [0.1, 0.15) is 0 Å². The molecule has 1 unspecified atom stereocenters. The van der Waals surface area contributed by atoms with Crippen LogP contribution in [-0.2, 0) is 4.74 Å². The minimum Gasteiger partial charge on any atom is -0.383 e. The van der Waals surface area contributed by atoms with Crippen molar-refractivity contribution in [2.45, 2.75) is 45.1 Å². The van der Waals surface area contributed by atoms with Gasteiger partial charge >= 0.3 is 0 Å². The van der Waals surface area contributed by atoms with Crippen molar-refractivity contribution < 1.29 is 4.74 Å². The third-order valence-electron chi connectivity index (χ3n) is 3.75. The van der Waals surface area contributed by atoms with Crippen molar-refractivity contribution in [3.63, 3.8) is 0 Å². The van der Waals surface area contributed by atoms with Gasteiger partial charge < -0.3 is 9.64 Å². The summed E-state index contributed by atoms with van der Waals surface area (Å²) in [5, 5.41) is 0. The Morgan fingerprint density at radius 3 is 3.00 bits per heavy atom. The number of nitrogens with zero attached hydrogens (tertiary/aromatic N) is 1. The van der Waals surface area contributed by atoms with Crippen molar-refractivity contribution in [3.05, 3.63) is 11.8 Å². The first-order chi connectivity index (χ1) is 7.31. The molecule has 0 saturated carbocycles. The van der Waals surface area contributed by atoms with Crippen molar-refractivity contribution in [1.82, 2.24) is 4.90 Å². The molecule has 0 N–H and O–H groups in total. The molecule has 86 valence electrons. The Morgan fingerprint density at radius 2 is 2.33 bits per heavy atom. The van der Waals surface area contributed by atoms with Crippen molar-refractivity contribution >= 4 is 0 Å². The average Bonchev–Trinajstić information content (AvgIpc) is 2.68. The van der Waals surface area contributed by atoms with Crippen LogP contribution in [0.15, 0.2) is 11.8 Å². The number of ether oxygens (including phenoxy) is 1. The largest absolute Gasteiger partial charge is 0.383 e. The van der Waals surface area contributed by atoms with Crippen molar-refractivity contribution in [3.8, 4) is 0 Å². The second kappa shape index (κ2) is 5.02. The number of rotatable bonds is 3. The van der Waals surface area contributed by atoms with Crippen LogP contribution in [0.1, 0.15) is 39.0 Å². The predicted octanol–water partition coefficient (Wildman–Crippen LogP) is 2.80. The van der Waals surface area contributed by atoms with Gasteiger partial charge in [0.2, 0.25) is 0 Å². The first-order valence-corrected chi connectivity index (χ1v) is 6.26. The highest BCUT2D eigenvalue weighted by atomic mass is 16.5. The number of likely N-dealkylation sites (tertiary alicyclic amines) is 1. The highest BCUT2D eigenvalue weighted by molar-refractivity contribution is 5.08. The second-order valence-electron chi connectivity index (χ2n) is 5.02. The molecule has 1 fully saturated rings. The van der Waals surface area contributed by atoms with Crippen LogP contribution in [0.25, 0.3) is 0 Å². The molecule has 0 aromatic carbocycles. The molecule has 0 aromatic rings. The van der Waals surface area contributed by atoms with E-state index in [4.69, 9.17) is 4.74 Å². The van der Waals surface area contributed by atoms with Crippen molar-refractivity contribution in [2.24, 2.45) is 5.92 Å². The van der Waals surface area contributed by atoms with E-state index in [-0.39, 0.29) is 0 Å². The molecule has 0 amide bonds. The summed E-state index contributed by atoms with van der Waals surface area (Å²) in [5.41, 5.74) is 1.59. The number of hydrogen-bond acceptors (Lipinski definition) is 2. The number of allylic oxidation sites excluding steroid dienone is 2. The normalized spacial score (nSPS) is 31.9. The fourth-order valence-electron chi connectivity index (χ4n) is 2.79. The highest BCUT2D eigenvalue weighted by Gasteiger charge is 2.27. The lowest BCUT2D eigenvalue weighted by Gasteiger charge is -2.32. The summed E-state index contributed by atoms with van der Waals surface area (Å²) in [5.74, 6) is 0.886. The van der Waals surface area contributed by atoms with Gasteiger partial charge in [-0.25, -0.2) is 0 Å². The smallest absolute Gasteiger partial charge is 0.0666 e. The maximum absolute atomic E-state index is 5.30. The van der Waals surface area contributed by atoms with Gasteiger partial charge in [-0.15, -0.1) is 0 Å². The minimum atomic E-state index is 0.648. The van der Waals surface area contributed by atoms with Crippen LogP contribution in [0.2, 0.25) is 0 Å². The maximum atomic E-state index is 5.30. The SMILES string of the molecule is COC[C@H]1CCCN1C1=CCC(C)CC1. The Labute approximate surface area is 93.3 Å². The Bertz CT molecular complexity index is 237. The van der Waals surface area contributed by atoms with Gasteiger partial charge in [-0.1, -0.05) is 13.0 Å². The van der Waals surface area contributed by atoms with Crippen LogP contribution in [0.4, 0.5) is 0 Å². The van der Waals surface area contributed by atoms with E-state index in [9.17, 15) is 0 Å². The summed E-state index contributed by atoms with van der Waals surface area (Å²) in [7, 11) is 1.81. The monoisotopic (exact) mass is 209 g/mol. The van der Waals surface area contributed by atoms with E-state index in [1.165, 1.54) is 38.6 Å². The van der Waals surface area contributed by atoms with Gasteiger partial charge in [0.05, 0.1) is 12.6 Å². The van der Waals surface area contributed by atoms with Crippen molar-refractivity contribution in [1.29, 1.82) is 0 Å². The lowest BCUT2D eigenvalue weighted by Crippen LogP contribution is -2.33.